The van der Waals surface area contributed by atoms with E-state index in [1.807, 2.05) is 6.92 Å². The van der Waals surface area contributed by atoms with Crippen LogP contribution in [0.5, 0.6) is 0 Å². The third kappa shape index (κ3) is 1.07. The van der Waals surface area contributed by atoms with Gasteiger partial charge in [-0.1, -0.05) is 0 Å². The Morgan fingerprint density at radius 3 is 2.33 bits per heavy atom. The minimum atomic E-state index is -0.931. The van der Waals surface area contributed by atoms with Gasteiger partial charge in [-0.2, -0.15) is 0 Å². The van der Waals surface area contributed by atoms with E-state index in [2.05, 4.69) is 0 Å². The second kappa shape index (κ2) is 2.23. The van der Waals surface area contributed by atoms with Crippen molar-refractivity contribution in [2.75, 3.05) is 7.05 Å². The molecule has 3 unspecified atom stereocenters. The maximum Gasteiger partial charge on any atom is 0.168 e. The summed E-state index contributed by atoms with van der Waals surface area (Å²) in [6.45, 7) is 1.99. The largest absolute Gasteiger partial charge is 0.324 e. The van der Waals surface area contributed by atoms with Crippen LogP contribution in [0.3, 0.4) is 0 Å². The summed E-state index contributed by atoms with van der Waals surface area (Å²) in [5, 5.41) is 0. The molecule has 0 spiro atoms. The summed E-state index contributed by atoms with van der Waals surface area (Å²) in [5.74, 6) is 0. The summed E-state index contributed by atoms with van der Waals surface area (Å²) >= 11 is 0. The van der Waals surface area contributed by atoms with Gasteiger partial charge in [0, 0.05) is 6.04 Å². The second-order valence-corrected chi connectivity index (χ2v) is 2.79. The summed E-state index contributed by atoms with van der Waals surface area (Å²) in [5.41, 5.74) is 5.44. The van der Waals surface area contributed by atoms with Crippen molar-refractivity contribution in [1.29, 1.82) is 0 Å². The van der Waals surface area contributed by atoms with Gasteiger partial charge in [-0.25, -0.2) is 4.39 Å². The van der Waals surface area contributed by atoms with Crippen LogP contribution in [-0.2, 0) is 0 Å². The van der Waals surface area contributed by atoms with Gasteiger partial charge in [0.05, 0.1) is 6.04 Å². The molecule has 0 bridgehead atoms. The molecule has 2 N–H and O–H groups in total. The first-order valence-electron chi connectivity index (χ1n) is 3.24. The average molecular weight is 132 g/mol. The van der Waals surface area contributed by atoms with E-state index in [-0.39, 0.29) is 6.04 Å². The average Bonchev–Trinajstić information content (AvgIpc) is 1.98. The summed E-state index contributed by atoms with van der Waals surface area (Å²) in [4.78, 5) is 1.67. The fourth-order valence-electron chi connectivity index (χ4n) is 1.22. The number of rotatable bonds is 0. The van der Waals surface area contributed by atoms with Crippen LogP contribution in [0.25, 0.3) is 0 Å². The number of nitrogens with two attached hydrogens (primary N) is 1. The predicted octanol–water partition coefficient (Wildman–Crippen LogP) is 0.333. The normalized spacial score (nSPS) is 46.0. The molecule has 0 radical (unpaired) electrons. The zero-order valence-electron chi connectivity index (χ0n) is 5.84. The maximum atomic E-state index is 12.8. The van der Waals surface area contributed by atoms with Crippen molar-refractivity contribution in [3.8, 4) is 0 Å². The summed E-state index contributed by atoms with van der Waals surface area (Å²) in [6, 6.07) is 0.0278. The van der Waals surface area contributed by atoms with Crippen LogP contribution in [-0.4, -0.2) is 30.3 Å². The van der Waals surface area contributed by atoms with Crippen LogP contribution in [0, 0.1) is 0 Å². The molecule has 3 atom stereocenters. The smallest absolute Gasteiger partial charge is 0.168 e. The Morgan fingerprint density at radius 2 is 2.22 bits per heavy atom. The third-order valence-corrected chi connectivity index (χ3v) is 2.05. The highest BCUT2D eigenvalue weighted by molar-refractivity contribution is 4.86. The molecule has 1 fully saturated rings. The van der Waals surface area contributed by atoms with Gasteiger partial charge >= 0.3 is 0 Å². The first-order chi connectivity index (χ1) is 4.13. The van der Waals surface area contributed by atoms with E-state index in [0.29, 0.717) is 6.04 Å². The third-order valence-electron chi connectivity index (χ3n) is 2.05. The van der Waals surface area contributed by atoms with E-state index < -0.39 is 6.30 Å². The van der Waals surface area contributed by atoms with Gasteiger partial charge in [-0.15, -0.1) is 0 Å². The molecule has 1 rings (SSSR count). The minimum absolute atomic E-state index is 0.273. The Bertz CT molecular complexity index is 95.2. The van der Waals surface area contributed by atoms with Crippen LogP contribution in [0.2, 0.25) is 0 Å². The number of halogens is 1. The van der Waals surface area contributed by atoms with Crippen LogP contribution in [0.15, 0.2) is 0 Å². The molecule has 0 aliphatic carbocycles. The molecular formula is C6H13FN2. The molecule has 1 heterocycles. The maximum absolute atomic E-state index is 12.8. The van der Waals surface area contributed by atoms with Gasteiger partial charge < -0.3 is 5.73 Å². The second-order valence-electron chi connectivity index (χ2n) is 2.79. The molecule has 3 heteroatoms. The van der Waals surface area contributed by atoms with E-state index in [1.165, 1.54) is 0 Å². The highest BCUT2D eigenvalue weighted by atomic mass is 19.1. The molecule has 0 saturated carbocycles. The molecular weight excluding hydrogens is 119 g/mol. The van der Waals surface area contributed by atoms with E-state index >= 15 is 0 Å². The molecule has 0 aromatic carbocycles. The first-order valence-corrected chi connectivity index (χ1v) is 3.24. The summed E-state index contributed by atoms with van der Waals surface area (Å²) in [6.07, 6.45) is -0.155. The topological polar surface area (TPSA) is 29.3 Å². The molecule has 1 aliphatic rings. The van der Waals surface area contributed by atoms with Crippen LogP contribution in [0.4, 0.5) is 4.39 Å². The number of likely N-dealkylation sites (N-methyl/N-ethyl adjacent to an activating group) is 1. The molecule has 0 aromatic rings. The number of hydrogen-bond donors (Lipinski definition) is 1. The molecule has 9 heavy (non-hydrogen) atoms. The van der Waals surface area contributed by atoms with Crippen molar-refractivity contribution in [2.24, 2.45) is 5.73 Å². The fraction of sp³-hybridized carbons (Fsp3) is 1.00. The van der Waals surface area contributed by atoms with Gasteiger partial charge in [0.25, 0.3) is 0 Å². The number of alkyl halides is 1. The standard InChI is InChI=1S/C6H13FN2/c1-4-3-5(8)6(7)9(4)2/h4-6H,3,8H2,1-2H3. The van der Waals surface area contributed by atoms with E-state index in [9.17, 15) is 4.39 Å². The van der Waals surface area contributed by atoms with Crippen molar-refractivity contribution in [2.45, 2.75) is 31.7 Å². The van der Waals surface area contributed by atoms with Crippen molar-refractivity contribution in [3.63, 3.8) is 0 Å². The molecule has 1 saturated heterocycles. The van der Waals surface area contributed by atoms with Crippen molar-refractivity contribution in [1.82, 2.24) is 4.90 Å². The highest BCUT2D eigenvalue weighted by Gasteiger charge is 2.33. The van der Waals surface area contributed by atoms with Crippen LogP contribution in [0.1, 0.15) is 13.3 Å². The quantitative estimate of drug-likeness (QED) is 0.481. The van der Waals surface area contributed by atoms with Crippen LogP contribution >= 0.6 is 0 Å². The minimum Gasteiger partial charge on any atom is -0.324 e. The highest BCUT2D eigenvalue weighted by Crippen LogP contribution is 2.20. The Hall–Kier alpha value is -0.150. The first kappa shape index (κ1) is 6.96. The Morgan fingerprint density at radius 1 is 1.67 bits per heavy atom. The van der Waals surface area contributed by atoms with E-state index in [4.69, 9.17) is 5.73 Å². The summed E-state index contributed by atoms with van der Waals surface area (Å²) in [7, 11) is 1.77. The lowest BCUT2D eigenvalue weighted by Crippen LogP contribution is -2.34. The van der Waals surface area contributed by atoms with Gasteiger partial charge in [0.1, 0.15) is 0 Å². The van der Waals surface area contributed by atoms with Gasteiger partial charge in [0.15, 0.2) is 6.30 Å². The van der Waals surface area contributed by atoms with Gasteiger partial charge in [-0.3, -0.25) is 4.90 Å². The fourth-order valence-corrected chi connectivity index (χ4v) is 1.22. The summed E-state index contributed by atoms with van der Waals surface area (Å²) < 4.78 is 12.8. The van der Waals surface area contributed by atoms with Crippen molar-refractivity contribution in [3.05, 3.63) is 0 Å². The zero-order valence-corrected chi connectivity index (χ0v) is 5.84. The van der Waals surface area contributed by atoms with Gasteiger partial charge in [-0.05, 0) is 20.4 Å². The molecule has 2 nitrogen and oxygen atoms in total. The predicted molar refractivity (Wildman–Crippen MR) is 34.7 cm³/mol. The Balaban J connectivity index is 2.54. The lowest BCUT2D eigenvalue weighted by Gasteiger charge is -2.16. The van der Waals surface area contributed by atoms with E-state index in [1.54, 1.807) is 11.9 Å². The molecule has 54 valence electrons. The Kier molecular flexibility index (Phi) is 1.73. The lowest BCUT2D eigenvalue weighted by atomic mass is 10.2. The number of likely N-dealkylation sites (tertiary alicyclic amines) is 1. The molecule has 1 aliphatic heterocycles. The number of hydrogen-bond acceptors (Lipinski definition) is 2. The van der Waals surface area contributed by atoms with E-state index in [0.717, 1.165) is 6.42 Å². The Labute approximate surface area is 54.8 Å². The van der Waals surface area contributed by atoms with Crippen molar-refractivity contribution >= 4 is 0 Å². The number of nitrogens with zero attached hydrogens (tertiary/aromatic N) is 1. The lowest BCUT2D eigenvalue weighted by molar-refractivity contribution is 0.120. The zero-order chi connectivity index (χ0) is 7.02. The monoisotopic (exact) mass is 132 g/mol. The van der Waals surface area contributed by atoms with Crippen LogP contribution < -0.4 is 5.73 Å². The van der Waals surface area contributed by atoms with Gasteiger partial charge in [0.2, 0.25) is 0 Å². The molecule has 0 aromatic heterocycles. The SMILES string of the molecule is CC1CC(N)C(F)N1C. The van der Waals surface area contributed by atoms with Crippen molar-refractivity contribution < 1.29 is 4.39 Å². The molecule has 0 amide bonds.